The lowest BCUT2D eigenvalue weighted by Crippen LogP contribution is -2.24. The Balaban J connectivity index is 1.94. The lowest BCUT2D eigenvalue weighted by Gasteiger charge is -2.17. The van der Waals surface area contributed by atoms with E-state index in [0.717, 1.165) is 25.3 Å². The van der Waals surface area contributed by atoms with Gasteiger partial charge in [-0.2, -0.15) is 5.10 Å². The minimum atomic E-state index is 0.278. The number of thiophene rings is 1. The maximum absolute atomic E-state index is 4.41. The van der Waals surface area contributed by atoms with Crippen LogP contribution >= 0.6 is 11.3 Å². The second kappa shape index (κ2) is 6.37. The first kappa shape index (κ1) is 14.2. The number of aromatic nitrogens is 3. The predicted molar refractivity (Wildman–Crippen MR) is 87.6 cm³/mol. The van der Waals surface area contributed by atoms with Crippen molar-refractivity contribution in [3.05, 3.63) is 47.4 Å². The molecule has 3 rings (SSSR count). The molecule has 1 aromatic carbocycles. The van der Waals surface area contributed by atoms with E-state index in [9.17, 15) is 0 Å². The van der Waals surface area contributed by atoms with Crippen LogP contribution in [0.15, 0.2) is 36.0 Å². The minimum absolute atomic E-state index is 0.278. The molecular weight excluding hydrogens is 280 g/mol. The fourth-order valence-electron chi connectivity index (χ4n) is 2.70. The van der Waals surface area contributed by atoms with Crippen LogP contribution in [-0.2, 0) is 13.0 Å². The Kier molecular flexibility index (Phi) is 4.31. The van der Waals surface area contributed by atoms with Crippen LogP contribution in [0.2, 0.25) is 0 Å². The molecule has 0 fully saturated rings. The van der Waals surface area contributed by atoms with Gasteiger partial charge in [0.05, 0.1) is 0 Å². The van der Waals surface area contributed by atoms with Crippen LogP contribution < -0.4 is 5.32 Å². The summed E-state index contributed by atoms with van der Waals surface area (Å²) in [5, 5.41) is 11.5. The maximum atomic E-state index is 4.41. The third-order valence-electron chi connectivity index (χ3n) is 3.72. The van der Waals surface area contributed by atoms with E-state index in [-0.39, 0.29) is 6.04 Å². The summed E-state index contributed by atoms with van der Waals surface area (Å²) in [6.45, 7) is 6.04. The minimum Gasteiger partial charge on any atom is -0.310 e. The summed E-state index contributed by atoms with van der Waals surface area (Å²) in [6, 6.07) is 8.87. The van der Waals surface area contributed by atoms with Crippen LogP contribution in [0.25, 0.3) is 10.1 Å². The summed E-state index contributed by atoms with van der Waals surface area (Å²) in [6.07, 6.45) is 2.51. The van der Waals surface area contributed by atoms with Crippen molar-refractivity contribution < 1.29 is 0 Å². The van der Waals surface area contributed by atoms with E-state index < -0.39 is 0 Å². The number of benzene rings is 1. The first-order valence-electron chi connectivity index (χ1n) is 7.39. The molecule has 5 heteroatoms. The topological polar surface area (TPSA) is 42.7 Å². The number of nitrogens with zero attached hydrogens (tertiary/aromatic N) is 3. The van der Waals surface area contributed by atoms with Crippen LogP contribution in [0.4, 0.5) is 0 Å². The number of hydrogen-bond donors (Lipinski definition) is 1. The number of hydrogen-bond acceptors (Lipinski definition) is 4. The first-order chi connectivity index (χ1) is 10.3. The molecule has 0 saturated heterocycles. The van der Waals surface area contributed by atoms with Gasteiger partial charge in [-0.25, -0.2) is 4.98 Å². The lowest BCUT2D eigenvalue weighted by atomic mass is 10.0. The van der Waals surface area contributed by atoms with Gasteiger partial charge in [0, 0.05) is 23.7 Å². The number of nitrogens with one attached hydrogen (secondary N) is 1. The maximum Gasteiger partial charge on any atom is 0.138 e. The van der Waals surface area contributed by atoms with Gasteiger partial charge in [-0.15, -0.1) is 11.3 Å². The Hall–Kier alpha value is -1.72. The summed E-state index contributed by atoms with van der Waals surface area (Å²) >= 11 is 1.81. The van der Waals surface area contributed by atoms with Crippen LogP contribution in [0, 0.1) is 0 Å². The molecule has 0 radical (unpaired) electrons. The molecular formula is C16H20N4S. The smallest absolute Gasteiger partial charge is 0.138 e. The van der Waals surface area contributed by atoms with E-state index in [1.54, 1.807) is 6.33 Å². The SMILES string of the molecule is CCNC(Cc1ncnn1CC)c1csc2ccccc12. The summed E-state index contributed by atoms with van der Waals surface area (Å²) < 4.78 is 3.31. The molecule has 0 aliphatic carbocycles. The second-order valence-electron chi connectivity index (χ2n) is 4.99. The highest BCUT2D eigenvalue weighted by Gasteiger charge is 2.18. The van der Waals surface area contributed by atoms with Gasteiger partial charge in [0.25, 0.3) is 0 Å². The van der Waals surface area contributed by atoms with Gasteiger partial charge in [0.15, 0.2) is 0 Å². The average Bonchev–Trinajstić information content (AvgIpc) is 3.12. The highest BCUT2D eigenvalue weighted by molar-refractivity contribution is 7.17. The van der Waals surface area contributed by atoms with Crippen LogP contribution in [0.5, 0.6) is 0 Å². The number of fused-ring (bicyclic) bond motifs is 1. The first-order valence-corrected chi connectivity index (χ1v) is 8.27. The Morgan fingerprint density at radius 1 is 1.29 bits per heavy atom. The quantitative estimate of drug-likeness (QED) is 0.758. The van der Waals surface area contributed by atoms with Crippen molar-refractivity contribution in [1.29, 1.82) is 0 Å². The Labute approximate surface area is 128 Å². The number of likely N-dealkylation sites (N-methyl/N-ethyl adjacent to an activating group) is 1. The third-order valence-corrected chi connectivity index (χ3v) is 4.70. The summed E-state index contributed by atoms with van der Waals surface area (Å²) in [7, 11) is 0. The van der Waals surface area contributed by atoms with Gasteiger partial charge >= 0.3 is 0 Å². The predicted octanol–water partition coefficient (Wildman–Crippen LogP) is 3.41. The Morgan fingerprint density at radius 3 is 2.95 bits per heavy atom. The molecule has 2 aromatic heterocycles. The highest BCUT2D eigenvalue weighted by atomic mass is 32.1. The van der Waals surface area contributed by atoms with Crippen LogP contribution in [0.1, 0.15) is 31.3 Å². The third kappa shape index (κ3) is 2.84. The van der Waals surface area contributed by atoms with Crippen molar-refractivity contribution in [3.63, 3.8) is 0 Å². The molecule has 21 heavy (non-hydrogen) atoms. The fraction of sp³-hybridized carbons (Fsp3) is 0.375. The molecule has 0 spiro atoms. The normalized spacial score (nSPS) is 12.9. The van der Waals surface area contributed by atoms with E-state index in [1.807, 2.05) is 16.0 Å². The van der Waals surface area contributed by atoms with E-state index in [1.165, 1.54) is 15.6 Å². The summed E-state index contributed by atoms with van der Waals surface area (Å²) in [5.41, 5.74) is 1.36. The number of aryl methyl sites for hydroxylation is 1. The zero-order chi connectivity index (χ0) is 14.7. The Morgan fingerprint density at radius 2 is 2.14 bits per heavy atom. The molecule has 3 aromatic rings. The van der Waals surface area contributed by atoms with Crippen molar-refractivity contribution in [1.82, 2.24) is 20.1 Å². The molecule has 1 atom stereocenters. The average molecular weight is 300 g/mol. The zero-order valence-electron chi connectivity index (χ0n) is 12.4. The van der Waals surface area contributed by atoms with Gasteiger partial charge in [-0.1, -0.05) is 25.1 Å². The van der Waals surface area contributed by atoms with Gasteiger partial charge in [0.1, 0.15) is 12.2 Å². The Bertz CT molecular complexity index is 716. The van der Waals surface area contributed by atoms with E-state index in [0.29, 0.717) is 0 Å². The molecule has 0 amide bonds. The summed E-state index contributed by atoms with van der Waals surface area (Å²) in [4.78, 5) is 4.41. The van der Waals surface area contributed by atoms with Crippen molar-refractivity contribution >= 4 is 21.4 Å². The standard InChI is InChI=1S/C16H20N4S/c1-3-17-14(9-16-18-11-19-20(16)4-2)13-10-21-15-8-6-5-7-12(13)15/h5-8,10-11,14,17H,3-4,9H2,1-2H3. The van der Waals surface area contributed by atoms with Gasteiger partial charge < -0.3 is 5.32 Å². The molecule has 110 valence electrons. The molecule has 0 bridgehead atoms. The van der Waals surface area contributed by atoms with Gasteiger partial charge in [0.2, 0.25) is 0 Å². The van der Waals surface area contributed by atoms with Crippen molar-refractivity contribution in [2.45, 2.75) is 32.9 Å². The van der Waals surface area contributed by atoms with Crippen LogP contribution in [0.3, 0.4) is 0 Å². The van der Waals surface area contributed by atoms with E-state index in [2.05, 4.69) is 58.9 Å². The number of rotatable bonds is 6. The molecule has 1 N–H and O–H groups in total. The largest absolute Gasteiger partial charge is 0.310 e. The molecule has 1 unspecified atom stereocenters. The van der Waals surface area contributed by atoms with Crippen molar-refractivity contribution in [2.24, 2.45) is 0 Å². The zero-order valence-corrected chi connectivity index (χ0v) is 13.2. The van der Waals surface area contributed by atoms with Crippen molar-refractivity contribution in [3.8, 4) is 0 Å². The summed E-state index contributed by atoms with van der Waals surface area (Å²) in [5.74, 6) is 1.04. The molecule has 4 nitrogen and oxygen atoms in total. The molecule has 2 heterocycles. The van der Waals surface area contributed by atoms with Crippen molar-refractivity contribution in [2.75, 3.05) is 6.54 Å². The molecule has 0 aliphatic rings. The molecule has 0 saturated carbocycles. The second-order valence-corrected chi connectivity index (χ2v) is 5.90. The van der Waals surface area contributed by atoms with E-state index in [4.69, 9.17) is 0 Å². The van der Waals surface area contributed by atoms with Gasteiger partial charge in [-0.3, -0.25) is 4.68 Å². The van der Waals surface area contributed by atoms with E-state index >= 15 is 0 Å². The lowest BCUT2D eigenvalue weighted by molar-refractivity contribution is 0.513. The van der Waals surface area contributed by atoms with Gasteiger partial charge in [-0.05, 0) is 35.9 Å². The molecule has 0 aliphatic heterocycles. The fourth-order valence-corrected chi connectivity index (χ4v) is 3.71. The highest BCUT2D eigenvalue weighted by Crippen LogP contribution is 2.31. The van der Waals surface area contributed by atoms with Crippen LogP contribution in [-0.4, -0.2) is 21.3 Å². The monoisotopic (exact) mass is 300 g/mol.